The van der Waals surface area contributed by atoms with Crippen LogP contribution in [0.2, 0.25) is 0 Å². The number of nitrogens with zero attached hydrogens (tertiary/aromatic N) is 3. The Morgan fingerprint density at radius 1 is 1.52 bits per heavy atom. The Hall–Kier alpha value is -2.52. The van der Waals surface area contributed by atoms with Gasteiger partial charge >= 0.3 is 5.69 Å². The summed E-state index contributed by atoms with van der Waals surface area (Å²) in [5.41, 5.74) is -0.0403. The number of halogens is 1. The number of fused-ring (bicyclic) bond motifs is 1. The highest BCUT2D eigenvalue weighted by Gasteiger charge is 2.21. The SMILES string of the molecule is O=[N+]([O-])c1ccc(F)cc1Oc1nc2sccn2c1CO. The number of benzene rings is 1. The molecule has 0 spiro atoms. The molecule has 7 nitrogen and oxygen atoms in total. The van der Waals surface area contributed by atoms with Crippen molar-refractivity contribution in [1.82, 2.24) is 9.38 Å². The summed E-state index contributed by atoms with van der Waals surface area (Å²) in [6.45, 7) is -0.365. The first kappa shape index (κ1) is 13.5. The molecule has 2 aromatic heterocycles. The van der Waals surface area contributed by atoms with Crippen molar-refractivity contribution in [3.05, 3.63) is 51.4 Å². The predicted molar refractivity (Wildman–Crippen MR) is 72.1 cm³/mol. The fourth-order valence-electron chi connectivity index (χ4n) is 1.86. The molecule has 0 radical (unpaired) electrons. The van der Waals surface area contributed by atoms with Gasteiger partial charge in [-0.05, 0) is 6.07 Å². The number of hydrogen-bond acceptors (Lipinski definition) is 6. The Balaban J connectivity index is 2.07. The molecule has 0 aliphatic rings. The molecule has 0 aliphatic carbocycles. The molecule has 2 heterocycles. The number of nitro benzene ring substituents is 1. The van der Waals surface area contributed by atoms with Gasteiger partial charge in [0, 0.05) is 23.7 Å². The number of aliphatic hydroxyl groups is 1. The van der Waals surface area contributed by atoms with Gasteiger partial charge < -0.3 is 9.84 Å². The Bertz CT molecular complexity index is 829. The average Bonchev–Trinajstić information content (AvgIpc) is 2.98. The van der Waals surface area contributed by atoms with Crippen LogP contribution in [0.5, 0.6) is 11.6 Å². The van der Waals surface area contributed by atoms with Crippen molar-refractivity contribution in [2.75, 3.05) is 0 Å². The molecule has 0 saturated heterocycles. The second-order valence-electron chi connectivity index (χ2n) is 4.05. The van der Waals surface area contributed by atoms with Crippen LogP contribution in [0.4, 0.5) is 10.1 Å². The minimum Gasteiger partial charge on any atom is -0.430 e. The number of thiazole rings is 1. The van der Waals surface area contributed by atoms with Crippen molar-refractivity contribution in [2.45, 2.75) is 6.61 Å². The maximum Gasteiger partial charge on any atom is 0.311 e. The van der Waals surface area contributed by atoms with E-state index in [0.29, 0.717) is 10.7 Å². The molecule has 9 heteroatoms. The van der Waals surface area contributed by atoms with Gasteiger partial charge in [0.25, 0.3) is 0 Å². The van der Waals surface area contributed by atoms with E-state index in [2.05, 4.69) is 4.98 Å². The number of imidazole rings is 1. The van der Waals surface area contributed by atoms with E-state index in [1.54, 1.807) is 16.0 Å². The zero-order valence-electron chi connectivity index (χ0n) is 10.4. The number of aliphatic hydroxyl groups excluding tert-OH is 1. The van der Waals surface area contributed by atoms with E-state index in [4.69, 9.17) is 4.74 Å². The summed E-state index contributed by atoms with van der Waals surface area (Å²) in [5, 5.41) is 22.1. The molecular formula is C12H8FN3O4S. The number of aromatic nitrogens is 2. The van der Waals surface area contributed by atoms with E-state index in [9.17, 15) is 19.6 Å². The molecule has 1 aromatic carbocycles. The molecule has 0 bridgehead atoms. The summed E-state index contributed by atoms with van der Waals surface area (Å²) in [7, 11) is 0. The summed E-state index contributed by atoms with van der Waals surface area (Å²) in [4.78, 5) is 14.9. The molecule has 0 aliphatic heterocycles. The highest BCUT2D eigenvalue weighted by atomic mass is 32.1. The lowest BCUT2D eigenvalue weighted by atomic mass is 10.3. The van der Waals surface area contributed by atoms with Crippen molar-refractivity contribution in [2.24, 2.45) is 0 Å². The van der Waals surface area contributed by atoms with Crippen molar-refractivity contribution in [3.63, 3.8) is 0 Å². The van der Waals surface area contributed by atoms with Crippen molar-refractivity contribution >= 4 is 22.0 Å². The molecule has 0 atom stereocenters. The van der Waals surface area contributed by atoms with Crippen molar-refractivity contribution in [3.8, 4) is 11.6 Å². The number of rotatable bonds is 4. The second kappa shape index (κ2) is 5.11. The van der Waals surface area contributed by atoms with Crippen LogP contribution < -0.4 is 4.74 Å². The number of ether oxygens (including phenoxy) is 1. The van der Waals surface area contributed by atoms with E-state index in [1.807, 2.05) is 0 Å². The summed E-state index contributed by atoms with van der Waals surface area (Å²) in [6.07, 6.45) is 1.69. The van der Waals surface area contributed by atoms with Gasteiger partial charge in [-0.1, -0.05) is 0 Å². The molecule has 0 fully saturated rings. The lowest BCUT2D eigenvalue weighted by Crippen LogP contribution is -1.97. The third-order valence-corrected chi connectivity index (χ3v) is 3.56. The van der Waals surface area contributed by atoms with Gasteiger partial charge in [0.2, 0.25) is 11.6 Å². The maximum atomic E-state index is 13.3. The van der Waals surface area contributed by atoms with Crippen LogP contribution in [0.1, 0.15) is 5.69 Å². The first-order valence-electron chi connectivity index (χ1n) is 5.77. The second-order valence-corrected chi connectivity index (χ2v) is 4.92. The summed E-state index contributed by atoms with van der Waals surface area (Å²) >= 11 is 1.31. The number of nitro groups is 1. The van der Waals surface area contributed by atoms with Crippen LogP contribution in [0.15, 0.2) is 29.8 Å². The average molecular weight is 309 g/mol. The summed E-state index contributed by atoms with van der Waals surface area (Å²) in [5.74, 6) is -0.916. The van der Waals surface area contributed by atoms with Crippen LogP contribution in [0.3, 0.4) is 0 Å². The van der Waals surface area contributed by atoms with Crippen molar-refractivity contribution in [1.29, 1.82) is 0 Å². The Morgan fingerprint density at radius 2 is 2.33 bits per heavy atom. The summed E-state index contributed by atoms with van der Waals surface area (Å²) < 4.78 is 20.2. The van der Waals surface area contributed by atoms with Gasteiger partial charge in [0.1, 0.15) is 11.5 Å². The molecule has 0 amide bonds. The van der Waals surface area contributed by atoms with Gasteiger partial charge in [-0.3, -0.25) is 14.5 Å². The van der Waals surface area contributed by atoms with E-state index >= 15 is 0 Å². The van der Waals surface area contributed by atoms with Gasteiger partial charge in [0.05, 0.1) is 11.5 Å². The first-order chi connectivity index (χ1) is 10.1. The third-order valence-electron chi connectivity index (χ3n) is 2.80. The first-order valence-corrected chi connectivity index (χ1v) is 6.65. The lowest BCUT2D eigenvalue weighted by molar-refractivity contribution is -0.385. The van der Waals surface area contributed by atoms with Gasteiger partial charge in [0.15, 0.2) is 4.96 Å². The van der Waals surface area contributed by atoms with Gasteiger partial charge in [-0.25, -0.2) is 4.39 Å². The van der Waals surface area contributed by atoms with E-state index < -0.39 is 10.7 Å². The molecule has 0 saturated carbocycles. The van der Waals surface area contributed by atoms with E-state index in [0.717, 1.165) is 18.2 Å². The zero-order valence-corrected chi connectivity index (χ0v) is 11.2. The van der Waals surface area contributed by atoms with E-state index in [-0.39, 0.29) is 23.9 Å². The quantitative estimate of drug-likeness (QED) is 0.591. The fraction of sp³-hybridized carbons (Fsp3) is 0.0833. The minimum atomic E-state index is -0.675. The van der Waals surface area contributed by atoms with Crippen molar-refractivity contribution < 1.29 is 19.2 Å². The third kappa shape index (κ3) is 2.32. The largest absolute Gasteiger partial charge is 0.430 e. The molecule has 1 N–H and O–H groups in total. The Kier molecular flexibility index (Phi) is 3.28. The normalized spacial score (nSPS) is 11.0. The molecular weight excluding hydrogens is 301 g/mol. The van der Waals surface area contributed by atoms with Crippen LogP contribution in [0.25, 0.3) is 4.96 Å². The molecule has 108 valence electrons. The predicted octanol–water partition coefficient (Wildman–Crippen LogP) is 2.73. The van der Waals surface area contributed by atoms with Crippen LogP contribution in [-0.2, 0) is 6.61 Å². The summed E-state index contributed by atoms with van der Waals surface area (Å²) in [6, 6.07) is 2.90. The maximum absolute atomic E-state index is 13.3. The molecule has 3 rings (SSSR count). The van der Waals surface area contributed by atoms with Crippen LogP contribution in [-0.4, -0.2) is 19.4 Å². The minimum absolute atomic E-state index is 0.0121. The Morgan fingerprint density at radius 3 is 3.05 bits per heavy atom. The highest BCUT2D eigenvalue weighted by molar-refractivity contribution is 7.15. The molecule has 21 heavy (non-hydrogen) atoms. The van der Waals surface area contributed by atoms with Crippen LogP contribution >= 0.6 is 11.3 Å². The number of hydrogen-bond donors (Lipinski definition) is 1. The zero-order chi connectivity index (χ0) is 15.0. The van der Waals surface area contributed by atoms with Gasteiger partial charge in [-0.15, -0.1) is 11.3 Å². The standard InChI is InChI=1S/C12H8FN3O4S/c13-7-1-2-8(16(18)19)10(5-7)20-11-9(6-17)15-3-4-21-12(15)14-11/h1-5,17H,6H2. The van der Waals surface area contributed by atoms with E-state index in [1.165, 1.54) is 11.3 Å². The molecule has 3 aromatic rings. The lowest BCUT2D eigenvalue weighted by Gasteiger charge is -2.05. The topological polar surface area (TPSA) is 89.9 Å². The van der Waals surface area contributed by atoms with Crippen LogP contribution in [0, 0.1) is 15.9 Å². The van der Waals surface area contributed by atoms with Gasteiger partial charge in [-0.2, -0.15) is 4.98 Å². The smallest absolute Gasteiger partial charge is 0.311 e. The Labute approximate surface area is 121 Å². The fourth-order valence-corrected chi connectivity index (χ4v) is 2.59. The monoisotopic (exact) mass is 309 g/mol. The highest BCUT2D eigenvalue weighted by Crippen LogP contribution is 2.34. The molecule has 0 unspecified atom stereocenters.